The number of likely N-dealkylation sites (N-methyl/N-ethyl adjacent to an activating group) is 1. The first kappa shape index (κ1) is 18.5. The molecule has 0 saturated carbocycles. The van der Waals surface area contributed by atoms with Crippen LogP contribution in [0.2, 0.25) is 0 Å². The number of nitrogens with two attached hydrogens (primary N) is 1. The molecule has 0 radical (unpaired) electrons. The number of hydrogen-bond donors (Lipinski definition) is 2. The summed E-state index contributed by atoms with van der Waals surface area (Å²) < 4.78 is 5.49. The molecule has 1 aliphatic carbocycles. The van der Waals surface area contributed by atoms with Gasteiger partial charge in [-0.05, 0) is 31.8 Å². The van der Waals surface area contributed by atoms with Crippen LogP contribution in [0.1, 0.15) is 46.0 Å². The Morgan fingerprint density at radius 2 is 2.09 bits per heavy atom. The van der Waals surface area contributed by atoms with E-state index in [0.717, 1.165) is 25.7 Å². The second-order valence-corrected chi connectivity index (χ2v) is 6.15. The maximum atomic E-state index is 12.1. The molecule has 0 heterocycles. The van der Waals surface area contributed by atoms with E-state index >= 15 is 0 Å². The topological polar surface area (TPSA) is 84.7 Å². The standard InChI is InChI=1S/C16H29N3O3/c1-12(2)18-14(15(17)20)11-19(3)16(21)22-13-9-7-5-4-6-8-10-13/h7,9,12-14,18H,4-6,8,10-11H2,1-3H3,(H2,17,20)/b9-7+. The number of nitrogens with zero attached hydrogens (tertiary/aromatic N) is 1. The highest BCUT2D eigenvalue weighted by molar-refractivity contribution is 5.81. The fourth-order valence-electron chi connectivity index (χ4n) is 2.42. The Balaban J connectivity index is 2.51. The van der Waals surface area contributed by atoms with E-state index in [1.54, 1.807) is 7.05 Å². The molecular weight excluding hydrogens is 282 g/mol. The molecule has 3 N–H and O–H groups in total. The number of carbonyl (C=O) groups excluding carboxylic acids is 2. The van der Waals surface area contributed by atoms with Gasteiger partial charge in [0.05, 0.1) is 0 Å². The smallest absolute Gasteiger partial charge is 0.410 e. The molecule has 0 bridgehead atoms. The maximum Gasteiger partial charge on any atom is 0.410 e. The van der Waals surface area contributed by atoms with E-state index in [9.17, 15) is 9.59 Å². The van der Waals surface area contributed by atoms with Crippen molar-refractivity contribution in [2.24, 2.45) is 5.73 Å². The largest absolute Gasteiger partial charge is 0.442 e. The van der Waals surface area contributed by atoms with Crippen molar-refractivity contribution in [3.05, 3.63) is 12.2 Å². The predicted octanol–water partition coefficient (Wildman–Crippen LogP) is 1.80. The summed E-state index contributed by atoms with van der Waals surface area (Å²) in [5.41, 5.74) is 5.36. The highest BCUT2D eigenvalue weighted by atomic mass is 16.6. The van der Waals surface area contributed by atoms with Crippen LogP contribution in [0.5, 0.6) is 0 Å². The number of nitrogens with one attached hydrogen (secondary N) is 1. The van der Waals surface area contributed by atoms with Crippen molar-refractivity contribution in [3.63, 3.8) is 0 Å². The zero-order valence-corrected chi connectivity index (χ0v) is 13.9. The normalized spacial score (nSPS) is 21.5. The van der Waals surface area contributed by atoms with Gasteiger partial charge in [0.1, 0.15) is 12.1 Å². The van der Waals surface area contributed by atoms with Crippen molar-refractivity contribution >= 4 is 12.0 Å². The second-order valence-electron chi connectivity index (χ2n) is 6.15. The van der Waals surface area contributed by atoms with Gasteiger partial charge in [-0.25, -0.2) is 4.79 Å². The monoisotopic (exact) mass is 311 g/mol. The van der Waals surface area contributed by atoms with Crippen molar-refractivity contribution in [1.29, 1.82) is 0 Å². The first-order chi connectivity index (χ1) is 10.4. The molecule has 0 aromatic heterocycles. The third-order valence-corrected chi connectivity index (χ3v) is 3.61. The molecule has 2 amide bonds. The molecule has 6 heteroatoms. The zero-order chi connectivity index (χ0) is 16.5. The Morgan fingerprint density at radius 3 is 2.73 bits per heavy atom. The van der Waals surface area contributed by atoms with Crippen molar-refractivity contribution in [1.82, 2.24) is 10.2 Å². The summed E-state index contributed by atoms with van der Waals surface area (Å²) in [6.45, 7) is 4.05. The summed E-state index contributed by atoms with van der Waals surface area (Å²) in [5, 5.41) is 3.05. The van der Waals surface area contributed by atoms with Crippen LogP contribution >= 0.6 is 0 Å². The van der Waals surface area contributed by atoms with E-state index in [1.807, 2.05) is 19.9 Å². The van der Waals surface area contributed by atoms with Gasteiger partial charge in [-0.3, -0.25) is 4.79 Å². The summed E-state index contributed by atoms with van der Waals surface area (Å²) in [7, 11) is 1.62. The van der Waals surface area contributed by atoms with Gasteiger partial charge in [-0.15, -0.1) is 0 Å². The predicted molar refractivity (Wildman–Crippen MR) is 86.4 cm³/mol. The van der Waals surface area contributed by atoms with Crippen molar-refractivity contribution in [2.75, 3.05) is 13.6 Å². The number of primary amides is 1. The van der Waals surface area contributed by atoms with Crippen LogP contribution in [-0.2, 0) is 9.53 Å². The Labute approximate surface area is 133 Å². The molecule has 0 spiro atoms. The molecule has 0 aromatic carbocycles. The molecule has 2 unspecified atom stereocenters. The fraction of sp³-hybridized carbons (Fsp3) is 0.750. The Kier molecular flexibility index (Phi) is 7.95. The SMILES string of the molecule is CC(C)NC(CN(C)C(=O)OC1/C=C/CCCCC1)C(N)=O. The minimum Gasteiger partial charge on any atom is -0.442 e. The molecule has 22 heavy (non-hydrogen) atoms. The maximum absolute atomic E-state index is 12.1. The van der Waals surface area contributed by atoms with Gasteiger partial charge in [0.25, 0.3) is 0 Å². The van der Waals surface area contributed by atoms with E-state index in [1.165, 1.54) is 11.3 Å². The molecular formula is C16H29N3O3. The van der Waals surface area contributed by atoms with Crippen LogP contribution in [0.3, 0.4) is 0 Å². The zero-order valence-electron chi connectivity index (χ0n) is 13.9. The molecule has 0 aliphatic heterocycles. The third kappa shape index (κ3) is 6.93. The van der Waals surface area contributed by atoms with Gasteiger partial charge in [-0.1, -0.05) is 26.3 Å². The van der Waals surface area contributed by atoms with Gasteiger partial charge >= 0.3 is 6.09 Å². The van der Waals surface area contributed by atoms with Crippen molar-refractivity contribution < 1.29 is 14.3 Å². The van der Waals surface area contributed by atoms with Crippen LogP contribution in [-0.4, -0.2) is 48.7 Å². The summed E-state index contributed by atoms with van der Waals surface area (Å²) in [6.07, 6.45) is 8.73. The summed E-state index contributed by atoms with van der Waals surface area (Å²) in [4.78, 5) is 25.0. The second kappa shape index (κ2) is 9.46. The first-order valence-corrected chi connectivity index (χ1v) is 8.04. The van der Waals surface area contributed by atoms with Crippen LogP contribution in [0, 0.1) is 0 Å². The molecule has 126 valence electrons. The number of hydrogen-bond acceptors (Lipinski definition) is 4. The average molecular weight is 311 g/mol. The lowest BCUT2D eigenvalue weighted by molar-refractivity contribution is -0.120. The quantitative estimate of drug-likeness (QED) is 0.733. The van der Waals surface area contributed by atoms with Gasteiger partial charge in [0.2, 0.25) is 5.91 Å². The Bertz CT molecular complexity index is 396. The minimum absolute atomic E-state index is 0.107. The van der Waals surface area contributed by atoms with Gasteiger partial charge in [0, 0.05) is 19.6 Å². The molecule has 0 aromatic rings. The average Bonchev–Trinajstić information content (AvgIpc) is 2.39. The van der Waals surface area contributed by atoms with E-state index in [4.69, 9.17) is 10.5 Å². The van der Waals surface area contributed by atoms with Gasteiger partial charge in [0.15, 0.2) is 0 Å². The fourth-order valence-corrected chi connectivity index (χ4v) is 2.42. The summed E-state index contributed by atoms with van der Waals surface area (Å²) in [5.74, 6) is -0.473. The van der Waals surface area contributed by atoms with Crippen molar-refractivity contribution in [3.8, 4) is 0 Å². The van der Waals surface area contributed by atoms with E-state index < -0.39 is 18.0 Å². The number of rotatable bonds is 6. The van der Waals surface area contributed by atoms with E-state index in [0.29, 0.717) is 0 Å². The number of carbonyl (C=O) groups is 2. The Hall–Kier alpha value is -1.56. The lowest BCUT2D eigenvalue weighted by atomic mass is 10.0. The highest BCUT2D eigenvalue weighted by Gasteiger charge is 2.23. The molecule has 1 aliphatic rings. The van der Waals surface area contributed by atoms with Crippen LogP contribution in [0.25, 0.3) is 0 Å². The van der Waals surface area contributed by atoms with Gasteiger partial charge < -0.3 is 20.7 Å². The summed E-state index contributed by atoms with van der Waals surface area (Å²) in [6, 6.07) is -0.471. The molecule has 0 saturated heterocycles. The van der Waals surface area contributed by atoms with Crippen LogP contribution in [0.4, 0.5) is 4.79 Å². The Morgan fingerprint density at radius 1 is 1.36 bits per heavy atom. The van der Waals surface area contributed by atoms with Crippen LogP contribution < -0.4 is 11.1 Å². The molecule has 6 nitrogen and oxygen atoms in total. The number of amides is 2. The minimum atomic E-state index is -0.578. The number of allylic oxidation sites excluding steroid dienone is 1. The first-order valence-electron chi connectivity index (χ1n) is 8.04. The lowest BCUT2D eigenvalue weighted by Crippen LogP contribution is -2.51. The third-order valence-electron chi connectivity index (χ3n) is 3.61. The van der Waals surface area contributed by atoms with Gasteiger partial charge in [-0.2, -0.15) is 0 Å². The molecule has 0 fully saturated rings. The highest BCUT2D eigenvalue weighted by Crippen LogP contribution is 2.15. The van der Waals surface area contributed by atoms with Crippen LogP contribution in [0.15, 0.2) is 12.2 Å². The van der Waals surface area contributed by atoms with E-state index in [-0.39, 0.29) is 18.7 Å². The van der Waals surface area contributed by atoms with Crippen molar-refractivity contribution in [2.45, 2.75) is 64.1 Å². The molecule has 2 atom stereocenters. The summed E-state index contributed by atoms with van der Waals surface area (Å²) >= 11 is 0. The molecule has 1 rings (SSSR count). The van der Waals surface area contributed by atoms with E-state index in [2.05, 4.69) is 11.4 Å². The lowest BCUT2D eigenvalue weighted by Gasteiger charge is -2.26. The number of ether oxygens (including phenoxy) is 1.